The molecule has 4 nitrogen and oxygen atoms in total. The van der Waals surface area contributed by atoms with E-state index in [9.17, 15) is 8.42 Å². The average Bonchev–Trinajstić information content (AvgIpc) is 2.38. The Bertz CT molecular complexity index is 760. The molecule has 0 fully saturated rings. The molecule has 0 heterocycles. The molecule has 0 aliphatic carbocycles. The summed E-state index contributed by atoms with van der Waals surface area (Å²) in [6, 6.07) is 13.2. The second-order valence-electron chi connectivity index (χ2n) is 3.98. The molecule has 2 aromatic carbocycles. The van der Waals surface area contributed by atoms with E-state index in [1.165, 1.54) is 6.07 Å². The Balaban J connectivity index is 2.36. The summed E-state index contributed by atoms with van der Waals surface area (Å²) in [5, 5.41) is 0. The number of thiocarbonyl (C=S) groups is 1. The van der Waals surface area contributed by atoms with Gasteiger partial charge in [0.2, 0.25) is 0 Å². The first-order chi connectivity index (χ1) is 9.40. The zero-order chi connectivity index (χ0) is 14.8. The van der Waals surface area contributed by atoms with Crippen LogP contribution in [0.5, 0.6) is 0 Å². The van der Waals surface area contributed by atoms with Crippen molar-refractivity contribution in [1.29, 1.82) is 0 Å². The van der Waals surface area contributed by atoms with Gasteiger partial charge in [0.15, 0.2) is 0 Å². The van der Waals surface area contributed by atoms with Gasteiger partial charge in [0.1, 0.15) is 9.88 Å². The van der Waals surface area contributed by atoms with E-state index in [1.807, 2.05) is 0 Å². The highest BCUT2D eigenvalue weighted by Crippen LogP contribution is 2.24. The molecule has 0 aliphatic heterocycles. The van der Waals surface area contributed by atoms with E-state index >= 15 is 0 Å². The van der Waals surface area contributed by atoms with Gasteiger partial charge >= 0.3 is 0 Å². The fraction of sp³-hybridized carbons (Fsp3) is 0. The summed E-state index contributed by atoms with van der Waals surface area (Å²) in [5.74, 6) is 0. The maximum absolute atomic E-state index is 12.3. The van der Waals surface area contributed by atoms with Crippen molar-refractivity contribution in [2.75, 3.05) is 4.72 Å². The number of nitrogens with one attached hydrogen (secondary N) is 1. The molecule has 20 heavy (non-hydrogen) atoms. The molecule has 0 atom stereocenters. The highest BCUT2D eigenvalue weighted by atomic mass is 79.9. The molecule has 0 radical (unpaired) electrons. The van der Waals surface area contributed by atoms with Crippen molar-refractivity contribution >= 4 is 48.8 Å². The van der Waals surface area contributed by atoms with Gasteiger partial charge in [-0.25, -0.2) is 8.42 Å². The molecule has 0 saturated carbocycles. The number of nitrogens with two attached hydrogens (primary N) is 1. The Hall–Kier alpha value is -1.44. The van der Waals surface area contributed by atoms with Gasteiger partial charge < -0.3 is 5.73 Å². The summed E-state index contributed by atoms with van der Waals surface area (Å²) < 4.78 is 27.6. The lowest BCUT2D eigenvalue weighted by Crippen LogP contribution is -2.15. The van der Waals surface area contributed by atoms with Crippen LogP contribution in [0, 0.1) is 0 Å². The molecule has 2 aromatic rings. The standard InChI is InChI=1S/C13H11BrN2O2S2/c14-11-6-1-2-7-12(11)20(17,18)16-10-5-3-4-9(8-10)13(15)19/h1-8,16H,(H2,15,19). The van der Waals surface area contributed by atoms with Crippen molar-refractivity contribution in [3.63, 3.8) is 0 Å². The highest BCUT2D eigenvalue weighted by molar-refractivity contribution is 9.10. The molecule has 104 valence electrons. The van der Waals surface area contributed by atoms with E-state index in [0.717, 1.165) is 0 Å². The number of halogens is 1. The van der Waals surface area contributed by atoms with E-state index in [-0.39, 0.29) is 9.88 Å². The Kier molecular flexibility index (Phi) is 4.42. The fourth-order valence-electron chi connectivity index (χ4n) is 1.61. The average molecular weight is 371 g/mol. The maximum atomic E-state index is 12.3. The van der Waals surface area contributed by atoms with Gasteiger partial charge in [0.05, 0.1) is 0 Å². The van der Waals surface area contributed by atoms with Crippen LogP contribution in [0.2, 0.25) is 0 Å². The van der Waals surface area contributed by atoms with E-state index in [0.29, 0.717) is 15.7 Å². The van der Waals surface area contributed by atoms with Gasteiger partial charge in [-0.15, -0.1) is 0 Å². The lowest BCUT2D eigenvalue weighted by Gasteiger charge is -2.10. The third-order valence-electron chi connectivity index (χ3n) is 2.53. The first-order valence-corrected chi connectivity index (χ1v) is 8.26. The molecule has 0 amide bonds. The Labute approximate surface area is 131 Å². The highest BCUT2D eigenvalue weighted by Gasteiger charge is 2.17. The first-order valence-electron chi connectivity index (χ1n) is 5.57. The van der Waals surface area contributed by atoms with Crippen molar-refractivity contribution in [3.8, 4) is 0 Å². The summed E-state index contributed by atoms with van der Waals surface area (Å²) >= 11 is 8.09. The molecule has 7 heteroatoms. The van der Waals surface area contributed by atoms with Gasteiger partial charge in [-0.3, -0.25) is 4.72 Å². The normalized spacial score (nSPS) is 11.1. The van der Waals surface area contributed by atoms with Crippen molar-refractivity contribution in [1.82, 2.24) is 0 Å². The van der Waals surface area contributed by atoms with Crippen LogP contribution in [0.15, 0.2) is 57.9 Å². The summed E-state index contributed by atoms with van der Waals surface area (Å²) in [4.78, 5) is 0.382. The smallest absolute Gasteiger partial charge is 0.263 e. The molecule has 0 saturated heterocycles. The molecule has 0 unspecified atom stereocenters. The molecule has 0 aliphatic rings. The molecule has 2 rings (SSSR count). The molecule has 3 N–H and O–H groups in total. The number of sulfonamides is 1. The predicted molar refractivity (Wildman–Crippen MR) is 87.3 cm³/mol. The summed E-state index contributed by atoms with van der Waals surface area (Å²) in [7, 11) is -3.67. The number of rotatable bonds is 4. The monoisotopic (exact) mass is 370 g/mol. The molecule has 0 bridgehead atoms. The van der Waals surface area contributed by atoms with E-state index in [2.05, 4.69) is 20.7 Å². The maximum Gasteiger partial charge on any atom is 0.263 e. The van der Waals surface area contributed by atoms with Crippen LogP contribution in [0.1, 0.15) is 5.56 Å². The van der Waals surface area contributed by atoms with Crippen molar-refractivity contribution in [3.05, 3.63) is 58.6 Å². The van der Waals surface area contributed by atoms with Gasteiger partial charge in [-0.2, -0.15) is 0 Å². The Morgan fingerprint density at radius 2 is 1.85 bits per heavy atom. The number of hydrogen-bond acceptors (Lipinski definition) is 3. The van der Waals surface area contributed by atoms with Crippen LogP contribution < -0.4 is 10.5 Å². The van der Waals surface area contributed by atoms with Crippen LogP contribution in [-0.4, -0.2) is 13.4 Å². The van der Waals surface area contributed by atoms with Crippen LogP contribution in [0.4, 0.5) is 5.69 Å². The second-order valence-corrected chi connectivity index (χ2v) is 6.93. The first kappa shape index (κ1) is 15.0. The van der Waals surface area contributed by atoms with Crippen molar-refractivity contribution < 1.29 is 8.42 Å². The number of anilines is 1. The Morgan fingerprint density at radius 3 is 2.50 bits per heavy atom. The summed E-state index contributed by atoms with van der Waals surface area (Å²) in [6.45, 7) is 0. The lowest BCUT2D eigenvalue weighted by molar-refractivity contribution is 0.601. The molecule has 0 spiro atoms. The van der Waals surface area contributed by atoms with Crippen LogP contribution in [-0.2, 0) is 10.0 Å². The Morgan fingerprint density at radius 1 is 1.15 bits per heavy atom. The minimum atomic E-state index is -3.67. The zero-order valence-corrected chi connectivity index (χ0v) is 13.4. The van der Waals surface area contributed by atoms with E-state index in [4.69, 9.17) is 18.0 Å². The zero-order valence-electron chi connectivity index (χ0n) is 10.2. The van der Waals surface area contributed by atoms with Crippen molar-refractivity contribution in [2.45, 2.75) is 4.90 Å². The fourth-order valence-corrected chi connectivity index (χ4v) is 3.79. The van der Waals surface area contributed by atoms with E-state index < -0.39 is 10.0 Å². The van der Waals surface area contributed by atoms with Gasteiger partial charge in [0, 0.05) is 15.7 Å². The minimum absolute atomic E-state index is 0.167. The van der Waals surface area contributed by atoms with Gasteiger partial charge in [-0.1, -0.05) is 36.5 Å². The van der Waals surface area contributed by atoms with E-state index in [1.54, 1.807) is 42.5 Å². The van der Waals surface area contributed by atoms with Crippen molar-refractivity contribution in [2.24, 2.45) is 5.73 Å². The predicted octanol–water partition coefficient (Wildman–Crippen LogP) is 2.88. The van der Waals surface area contributed by atoms with Crippen LogP contribution in [0.3, 0.4) is 0 Å². The van der Waals surface area contributed by atoms with Gasteiger partial charge in [-0.05, 0) is 40.2 Å². The third kappa shape index (κ3) is 3.36. The topological polar surface area (TPSA) is 72.2 Å². The second kappa shape index (κ2) is 5.90. The molecule has 0 aromatic heterocycles. The van der Waals surface area contributed by atoms with Gasteiger partial charge in [0.25, 0.3) is 10.0 Å². The number of benzene rings is 2. The summed E-state index contributed by atoms with van der Waals surface area (Å²) in [5.41, 5.74) is 6.54. The quantitative estimate of drug-likeness (QED) is 0.811. The molecular weight excluding hydrogens is 360 g/mol. The summed E-state index contributed by atoms with van der Waals surface area (Å²) in [6.07, 6.45) is 0. The number of hydrogen-bond donors (Lipinski definition) is 2. The SMILES string of the molecule is NC(=S)c1cccc(NS(=O)(=O)c2ccccc2Br)c1. The van der Waals surface area contributed by atoms with Crippen LogP contribution >= 0.6 is 28.1 Å². The lowest BCUT2D eigenvalue weighted by atomic mass is 10.2. The van der Waals surface area contributed by atoms with Crippen LogP contribution in [0.25, 0.3) is 0 Å². The molecular formula is C13H11BrN2O2S2. The minimum Gasteiger partial charge on any atom is -0.389 e. The largest absolute Gasteiger partial charge is 0.389 e. The third-order valence-corrected chi connectivity index (χ3v) is 5.15.